The predicted molar refractivity (Wildman–Crippen MR) is 86.8 cm³/mol. The lowest BCUT2D eigenvalue weighted by molar-refractivity contribution is -0.253. The summed E-state index contributed by atoms with van der Waals surface area (Å²) in [6, 6.07) is 12.9. The lowest BCUT2D eigenvalue weighted by Gasteiger charge is -2.16. The van der Waals surface area contributed by atoms with Gasteiger partial charge < -0.3 is 9.47 Å². The van der Waals surface area contributed by atoms with Crippen LogP contribution < -0.4 is 9.47 Å². The molecule has 26 heavy (non-hydrogen) atoms. The van der Waals surface area contributed by atoms with Gasteiger partial charge in [-0.1, -0.05) is 24.3 Å². The van der Waals surface area contributed by atoms with E-state index in [2.05, 4.69) is 14.7 Å². The van der Waals surface area contributed by atoms with Crippen LogP contribution in [0, 0.1) is 0 Å². The van der Waals surface area contributed by atoms with E-state index in [4.69, 9.17) is 4.74 Å². The predicted octanol–water partition coefficient (Wildman–Crippen LogP) is 4.49. The Balaban J connectivity index is 1.58. The molecule has 0 bridgehead atoms. The Hall–Kier alpha value is -2.90. The molecule has 3 rings (SSSR count). The highest BCUT2D eigenvalue weighted by Crippen LogP contribution is 2.27. The Bertz CT molecular complexity index is 867. The molecule has 0 spiro atoms. The SMILES string of the molecule is FC(F)C(F)(F)Oc1ccc(CCOc2ncnc3ccccc23)cc1. The van der Waals surface area contributed by atoms with E-state index in [-0.39, 0.29) is 5.75 Å². The first-order valence-electron chi connectivity index (χ1n) is 7.72. The lowest BCUT2D eigenvalue weighted by Crippen LogP contribution is -2.33. The normalized spacial score (nSPS) is 11.7. The molecule has 0 saturated carbocycles. The van der Waals surface area contributed by atoms with E-state index >= 15 is 0 Å². The summed E-state index contributed by atoms with van der Waals surface area (Å²) in [4.78, 5) is 8.24. The van der Waals surface area contributed by atoms with Crippen LogP contribution in [-0.2, 0) is 6.42 Å². The lowest BCUT2D eigenvalue weighted by atomic mass is 10.1. The molecule has 0 aliphatic heterocycles. The zero-order valence-corrected chi connectivity index (χ0v) is 13.4. The molecule has 1 aromatic heterocycles. The van der Waals surface area contributed by atoms with Crippen LogP contribution in [0.1, 0.15) is 5.56 Å². The summed E-state index contributed by atoms with van der Waals surface area (Å²) in [5.41, 5.74) is 1.54. The maximum Gasteiger partial charge on any atom is 0.461 e. The van der Waals surface area contributed by atoms with Crippen molar-refractivity contribution in [3.05, 3.63) is 60.4 Å². The summed E-state index contributed by atoms with van der Waals surface area (Å²) in [5, 5.41) is 0.785. The second-order valence-electron chi connectivity index (χ2n) is 5.40. The Morgan fingerprint density at radius 3 is 2.42 bits per heavy atom. The van der Waals surface area contributed by atoms with Crippen molar-refractivity contribution in [2.24, 2.45) is 0 Å². The number of alkyl halides is 4. The number of fused-ring (bicyclic) bond motifs is 1. The molecule has 2 aromatic carbocycles. The molecule has 0 unspecified atom stereocenters. The van der Waals surface area contributed by atoms with Crippen LogP contribution in [0.2, 0.25) is 0 Å². The molecule has 0 amide bonds. The smallest absolute Gasteiger partial charge is 0.461 e. The van der Waals surface area contributed by atoms with Crippen molar-refractivity contribution >= 4 is 10.9 Å². The minimum Gasteiger partial charge on any atom is -0.477 e. The van der Waals surface area contributed by atoms with Crippen LogP contribution in [0.4, 0.5) is 17.6 Å². The largest absolute Gasteiger partial charge is 0.477 e. The number of nitrogens with zero attached hydrogens (tertiary/aromatic N) is 2. The van der Waals surface area contributed by atoms with E-state index in [1.165, 1.54) is 30.6 Å². The number of rotatable bonds is 7. The minimum absolute atomic E-state index is 0.300. The summed E-state index contributed by atoms with van der Waals surface area (Å²) >= 11 is 0. The van der Waals surface area contributed by atoms with E-state index in [9.17, 15) is 17.6 Å². The molecule has 0 saturated heterocycles. The highest BCUT2D eigenvalue weighted by Gasteiger charge is 2.43. The van der Waals surface area contributed by atoms with Gasteiger partial charge in [0.05, 0.1) is 17.5 Å². The fourth-order valence-corrected chi connectivity index (χ4v) is 2.29. The van der Waals surface area contributed by atoms with Crippen LogP contribution in [0.3, 0.4) is 0 Å². The van der Waals surface area contributed by atoms with Gasteiger partial charge in [0.1, 0.15) is 12.1 Å². The summed E-state index contributed by atoms with van der Waals surface area (Å²) in [7, 11) is 0. The van der Waals surface area contributed by atoms with E-state index in [0.717, 1.165) is 16.5 Å². The molecule has 0 N–H and O–H groups in total. The molecule has 4 nitrogen and oxygen atoms in total. The molecular weight excluding hydrogens is 352 g/mol. The summed E-state index contributed by atoms with van der Waals surface area (Å²) in [6.45, 7) is 0.300. The van der Waals surface area contributed by atoms with Crippen molar-refractivity contribution < 1.29 is 27.0 Å². The first kappa shape index (κ1) is 17.9. The Morgan fingerprint density at radius 1 is 0.962 bits per heavy atom. The van der Waals surface area contributed by atoms with Crippen LogP contribution in [0.15, 0.2) is 54.9 Å². The third-order valence-electron chi connectivity index (χ3n) is 3.57. The minimum atomic E-state index is -4.52. The van der Waals surface area contributed by atoms with Crippen molar-refractivity contribution in [2.45, 2.75) is 19.0 Å². The average molecular weight is 366 g/mol. The fraction of sp³-hybridized carbons (Fsp3) is 0.222. The average Bonchev–Trinajstić information content (AvgIpc) is 2.63. The van der Waals surface area contributed by atoms with E-state index < -0.39 is 12.5 Å². The Kier molecular flexibility index (Phi) is 5.20. The summed E-state index contributed by atoms with van der Waals surface area (Å²) < 4.78 is 59.6. The molecule has 0 fully saturated rings. The zero-order chi connectivity index (χ0) is 18.6. The number of benzene rings is 2. The molecule has 8 heteroatoms. The third-order valence-corrected chi connectivity index (χ3v) is 3.57. The highest BCUT2D eigenvalue weighted by molar-refractivity contribution is 5.82. The molecule has 0 radical (unpaired) electrons. The summed E-state index contributed by atoms with van der Waals surface area (Å²) in [5.74, 6) is 0.119. The van der Waals surface area contributed by atoms with Crippen molar-refractivity contribution in [2.75, 3.05) is 6.61 Å². The molecule has 0 aliphatic carbocycles. The topological polar surface area (TPSA) is 44.2 Å². The molecule has 0 atom stereocenters. The van der Waals surface area contributed by atoms with Crippen molar-refractivity contribution in [1.82, 2.24) is 9.97 Å². The number of aromatic nitrogens is 2. The van der Waals surface area contributed by atoms with Gasteiger partial charge in [-0.15, -0.1) is 0 Å². The number of ether oxygens (including phenoxy) is 2. The van der Waals surface area contributed by atoms with Crippen LogP contribution in [-0.4, -0.2) is 29.1 Å². The van der Waals surface area contributed by atoms with E-state index in [1.54, 1.807) is 0 Å². The Labute approximate surface area is 146 Å². The van der Waals surface area contributed by atoms with Gasteiger partial charge in [-0.05, 0) is 29.8 Å². The van der Waals surface area contributed by atoms with Crippen molar-refractivity contribution in [3.63, 3.8) is 0 Å². The molecule has 136 valence electrons. The van der Waals surface area contributed by atoms with Gasteiger partial charge in [0.15, 0.2) is 0 Å². The standard InChI is InChI=1S/C18H14F4N2O2/c19-17(20)18(21,22)26-13-7-5-12(6-8-13)9-10-25-16-14-3-1-2-4-15(14)23-11-24-16/h1-8,11,17H,9-10H2. The summed E-state index contributed by atoms with van der Waals surface area (Å²) in [6.07, 6.45) is -6.52. The maximum absolute atomic E-state index is 12.8. The van der Waals surface area contributed by atoms with Gasteiger partial charge in [-0.2, -0.15) is 17.6 Å². The molecule has 1 heterocycles. The van der Waals surface area contributed by atoms with Crippen LogP contribution in [0.5, 0.6) is 11.6 Å². The number of para-hydroxylation sites is 1. The highest BCUT2D eigenvalue weighted by atomic mass is 19.3. The molecule has 0 aliphatic rings. The Morgan fingerprint density at radius 2 is 1.69 bits per heavy atom. The van der Waals surface area contributed by atoms with Gasteiger partial charge in [-0.25, -0.2) is 9.97 Å². The quantitative estimate of drug-likeness (QED) is 0.578. The maximum atomic E-state index is 12.8. The van der Waals surface area contributed by atoms with Crippen molar-refractivity contribution in [1.29, 1.82) is 0 Å². The fourth-order valence-electron chi connectivity index (χ4n) is 2.29. The molecular formula is C18H14F4N2O2. The first-order chi connectivity index (χ1) is 12.5. The third kappa shape index (κ3) is 4.19. The van der Waals surface area contributed by atoms with Gasteiger partial charge in [-0.3, -0.25) is 0 Å². The van der Waals surface area contributed by atoms with E-state index in [0.29, 0.717) is 18.9 Å². The van der Waals surface area contributed by atoms with Crippen LogP contribution >= 0.6 is 0 Å². The van der Waals surface area contributed by atoms with E-state index in [1.807, 2.05) is 24.3 Å². The molecule has 3 aromatic rings. The monoisotopic (exact) mass is 366 g/mol. The second kappa shape index (κ2) is 7.55. The van der Waals surface area contributed by atoms with Crippen LogP contribution in [0.25, 0.3) is 10.9 Å². The van der Waals surface area contributed by atoms with Gasteiger partial charge in [0, 0.05) is 6.42 Å². The number of hydrogen-bond acceptors (Lipinski definition) is 4. The number of hydrogen-bond donors (Lipinski definition) is 0. The zero-order valence-electron chi connectivity index (χ0n) is 13.4. The first-order valence-corrected chi connectivity index (χ1v) is 7.72. The van der Waals surface area contributed by atoms with Gasteiger partial charge >= 0.3 is 12.5 Å². The van der Waals surface area contributed by atoms with Crippen molar-refractivity contribution in [3.8, 4) is 11.6 Å². The number of halogens is 4. The second-order valence-corrected chi connectivity index (χ2v) is 5.40. The van der Waals surface area contributed by atoms with Gasteiger partial charge in [0.25, 0.3) is 0 Å². The van der Waals surface area contributed by atoms with Gasteiger partial charge in [0.2, 0.25) is 5.88 Å².